The molecule has 4 aromatic rings. The van der Waals surface area contributed by atoms with Crippen LogP contribution in [0.2, 0.25) is 0 Å². The van der Waals surface area contributed by atoms with Crippen LogP contribution in [0.1, 0.15) is 11.8 Å². The molecule has 0 unspecified atom stereocenters. The maximum Gasteiger partial charge on any atom is 0.135 e. The Hall–Kier alpha value is -2.37. The predicted molar refractivity (Wildman–Crippen MR) is 140 cm³/mol. The fraction of sp³-hybridized carbons (Fsp3) is 0.185. The molecule has 5 rings (SSSR count). The summed E-state index contributed by atoms with van der Waals surface area (Å²) in [6.45, 7) is -0.406. The molecule has 1 saturated heterocycles. The topological polar surface area (TPSA) is 95.7 Å². The quantitative estimate of drug-likeness (QED) is 0.285. The number of hydrogen-bond acceptors (Lipinski definition) is 9. The van der Waals surface area contributed by atoms with E-state index in [-0.39, 0.29) is 0 Å². The lowest BCUT2D eigenvalue weighted by Gasteiger charge is -2.19. The first-order chi connectivity index (χ1) is 17.6. The van der Waals surface area contributed by atoms with Crippen molar-refractivity contribution in [3.05, 3.63) is 96.7 Å². The Bertz CT molecular complexity index is 1280. The maximum atomic E-state index is 10.8. The second-order valence-electron chi connectivity index (χ2n) is 8.03. The summed E-state index contributed by atoms with van der Waals surface area (Å²) in [7, 11) is 0. The third kappa shape index (κ3) is 5.78. The monoisotopic (exact) mass is 536 g/mol. The summed E-state index contributed by atoms with van der Waals surface area (Å²) in [5, 5.41) is 32.8. The fourth-order valence-corrected chi connectivity index (χ4v) is 6.53. The number of ether oxygens (including phenoxy) is 1. The van der Waals surface area contributed by atoms with Gasteiger partial charge in [0.2, 0.25) is 0 Å². The summed E-state index contributed by atoms with van der Waals surface area (Å²) in [6.07, 6.45) is -4.29. The van der Waals surface area contributed by atoms with E-state index >= 15 is 0 Å². The molecule has 0 radical (unpaired) electrons. The average molecular weight is 537 g/mol. The van der Waals surface area contributed by atoms with Crippen molar-refractivity contribution in [1.29, 1.82) is 0 Å². The molecule has 1 aliphatic rings. The van der Waals surface area contributed by atoms with Crippen LogP contribution in [0, 0.1) is 0 Å². The van der Waals surface area contributed by atoms with Crippen molar-refractivity contribution in [2.75, 3.05) is 6.61 Å². The molecule has 2 heterocycles. The van der Waals surface area contributed by atoms with Crippen LogP contribution in [-0.4, -0.2) is 50.2 Å². The summed E-state index contributed by atoms with van der Waals surface area (Å²) in [6, 6.07) is 29.6. The lowest BCUT2D eigenvalue weighted by atomic mass is 10.1. The van der Waals surface area contributed by atoms with E-state index in [0.717, 1.165) is 19.7 Å². The van der Waals surface area contributed by atoms with Crippen LogP contribution in [0.3, 0.4) is 0 Å². The highest BCUT2D eigenvalue weighted by Crippen LogP contribution is 2.43. The zero-order valence-corrected chi connectivity index (χ0v) is 21.5. The summed E-state index contributed by atoms with van der Waals surface area (Å²) >= 11 is 4.41. The Morgan fingerprint density at radius 2 is 1.06 bits per heavy atom. The standard InChI is InChI=1S/C27H24N2O4S3/c30-16-20-22(31)23(32)24(33-20)21-25(34-17-10-4-1-5-11-17)29-27(36-19-14-8-3-9-15-19)26(28-21)35-18-12-6-2-7-13-18/h1-15,20,22-24,30-32H,16H2/t20-,22-,23-,24+/m1/s1. The van der Waals surface area contributed by atoms with Crippen molar-refractivity contribution in [3.63, 3.8) is 0 Å². The molecule has 0 saturated carbocycles. The molecule has 4 atom stereocenters. The normalized spacial score (nSPS) is 21.5. The van der Waals surface area contributed by atoms with Gasteiger partial charge in [-0.15, -0.1) is 0 Å². The van der Waals surface area contributed by atoms with Crippen LogP contribution >= 0.6 is 35.3 Å². The minimum atomic E-state index is -1.24. The average Bonchev–Trinajstić information content (AvgIpc) is 3.20. The third-order valence-corrected chi connectivity index (χ3v) is 8.61. The van der Waals surface area contributed by atoms with Gasteiger partial charge >= 0.3 is 0 Å². The highest BCUT2D eigenvalue weighted by Gasteiger charge is 2.45. The van der Waals surface area contributed by atoms with Crippen molar-refractivity contribution in [2.45, 2.75) is 54.2 Å². The molecule has 1 aromatic heterocycles. The predicted octanol–water partition coefficient (Wildman–Crippen LogP) is 5.08. The van der Waals surface area contributed by atoms with Gasteiger partial charge in [0.05, 0.1) is 6.61 Å². The molecule has 0 spiro atoms. The smallest absolute Gasteiger partial charge is 0.135 e. The zero-order chi connectivity index (χ0) is 24.9. The molecule has 0 amide bonds. The number of nitrogens with zero attached hydrogens (tertiary/aromatic N) is 2. The molecule has 0 aliphatic carbocycles. The Morgan fingerprint density at radius 3 is 1.50 bits per heavy atom. The summed E-state index contributed by atoms with van der Waals surface area (Å²) in [5.41, 5.74) is 0.433. The second-order valence-corrected chi connectivity index (χ2v) is 11.2. The van der Waals surface area contributed by atoms with E-state index in [9.17, 15) is 15.3 Å². The van der Waals surface area contributed by atoms with Crippen molar-refractivity contribution in [2.24, 2.45) is 0 Å². The van der Waals surface area contributed by atoms with Crippen LogP contribution in [0.25, 0.3) is 0 Å². The van der Waals surface area contributed by atoms with E-state index in [2.05, 4.69) is 0 Å². The van der Waals surface area contributed by atoms with Gasteiger partial charge < -0.3 is 20.1 Å². The minimum absolute atomic E-state index is 0.406. The van der Waals surface area contributed by atoms with Gasteiger partial charge in [0.25, 0.3) is 0 Å². The first-order valence-electron chi connectivity index (χ1n) is 11.4. The Kier molecular flexibility index (Phi) is 8.28. The lowest BCUT2D eigenvalue weighted by molar-refractivity contribution is -0.0252. The van der Waals surface area contributed by atoms with Gasteiger partial charge in [-0.1, -0.05) is 89.9 Å². The van der Waals surface area contributed by atoms with E-state index < -0.39 is 31.0 Å². The van der Waals surface area contributed by atoms with Crippen LogP contribution in [0.5, 0.6) is 0 Å². The lowest BCUT2D eigenvalue weighted by Crippen LogP contribution is -2.32. The largest absolute Gasteiger partial charge is 0.394 e. The fourth-order valence-electron chi connectivity index (χ4n) is 3.72. The molecule has 3 aromatic carbocycles. The van der Waals surface area contributed by atoms with Crippen molar-refractivity contribution in [1.82, 2.24) is 9.97 Å². The molecule has 6 nitrogen and oxygen atoms in total. The van der Waals surface area contributed by atoms with Crippen molar-refractivity contribution < 1.29 is 20.1 Å². The van der Waals surface area contributed by atoms with Crippen LogP contribution < -0.4 is 0 Å². The number of aromatic nitrogens is 2. The number of aliphatic hydroxyl groups is 3. The van der Waals surface area contributed by atoms with Crippen LogP contribution in [-0.2, 0) is 4.74 Å². The Morgan fingerprint density at radius 1 is 0.611 bits per heavy atom. The molecule has 36 heavy (non-hydrogen) atoms. The summed E-state index contributed by atoms with van der Waals surface area (Å²) in [4.78, 5) is 13.0. The number of aliphatic hydroxyl groups excluding tert-OH is 3. The van der Waals surface area contributed by atoms with E-state index in [1.165, 1.54) is 35.3 Å². The Labute approximate surface area is 222 Å². The summed E-state index contributed by atoms with van der Waals surface area (Å²) < 4.78 is 5.88. The molecule has 1 fully saturated rings. The molecule has 184 valence electrons. The van der Waals surface area contributed by atoms with E-state index in [1.54, 1.807) is 0 Å². The van der Waals surface area contributed by atoms with E-state index in [1.807, 2.05) is 91.0 Å². The zero-order valence-electron chi connectivity index (χ0n) is 19.0. The number of rotatable bonds is 8. The van der Waals surface area contributed by atoms with Gasteiger partial charge in [0, 0.05) is 14.7 Å². The highest BCUT2D eigenvalue weighted by molar-refractivity contribution is 8.02. The van der Waals surface area contributed by atoms with Crippen LogP contribution in [0.4, 0.5) is 0 Å². The van der Waals surface area contributed by atoms with Gasteiger partial charge in [0.15, 0.2) is 0 Å². The SMILES string of the molecule is OC[C@H]1O[C@@H](c2nc(Sc3ccccc3)c(Sc3ccccc3)nc2Sc2ccccc2)[C@H](O)[C@@H]1O. The van der Waals surface area contributed by atoms with Crippen molar-refractivity contribution in [3.8, 4) is 0 Å². The first-order valence-corrected chi connectivity index (χ1v) is 13.8. The van der Waals surface area contributed by atoms with Gasteiger partial charge in [-0.25, -0.2) is 9.97 Å². The summed E-state index contributed by atoms with van der Waals surface area (Å²) in [5.74, 6) is 0. The Balaban J connectivity index is 1.62. The number of hydrogen-bond donors (Lipinski definition) is 3. The van der Waals surface area contributed by atoms with Gasteiger partial charge in [-0.05, 0) is 36.4 Å². The molecule has 0 bridgehead atoms. The van der Waals surface area contributed by atoms with Gasteiger partial charge in [-0.3, -0.25) is 0 Å². The van der Waals surface area contributed by atoms with E-state index in [4.69, 9.17) is 14.7 Å². The highest BCUT2D eigenvalue weighted by atomic mass is 32.2. The third-order valence-electron chi connectivity index (χ3n) is 5.51. The minimum Gasteiger partial charge on any atom is -0.394 e. The van der Waals surface area contributed by atoms with E-state index in [0.29, 0.717) is 15.7 Å². The van der Waals surface area contributed by atoms with Gasteiger partial charge in [0.1, 0.15) is 45.2 Å². The molecular weight excluding hydrogens is 513 g/mol. The van der Waals surface area contributed by atoms with Gasteiger partial charge in [-0.2, -0.15) is 0 Å². The maximum absolute atomic E-state index is 10.8. The van der Waals surface area contributed by atoms with Crippen LogP contribution in [0.15, 0.2) is 121 Å². The second kappa shape index (κ2) is 11.8. The molecule has 1 aliphatic heterocycles. The van der Waals surface area contributed by atoms with Crippen molar-refractivity contribution >= 4 is 35.3 Å². The molecular formula is C27H24N2O4S3. The first kappa shape index (κ1) is 25.3. The number of benzene rings is 3. The molecule has 3 N–H and O–H groups in total. The molecule has 9 heteroatoms.